The molecular weight excluding hydrogens is 568 g/mol. The predicted molar refractivity (Wildman–Crippen MR) is 177 cm³/mol. The molecule has 2 aromatic heterocycles. The molecule has 216 valence electrons. The molecule has 1 aliphatic rings. The monoisotopic (exact) mass is 596 g/mol. The van der Waals surface area contributed by atoms with Gasteiger partial charge in [0, 0.05) is 27.8 Å². The van der Waals surface area contributed by atoms with Crippen molar-refractivity contribution in [2.45, 2.75) is 11.8 Å². The molecule has 0 N–H and O–H groups in total. The number of carbonyl (C=O) groups is 1. The summed E-state index contributed by atoms with van der Waals surface area (Å²) in [6.45, 7) is 2.07. The van der Waals surface area contributed by atoms with Crippen LogP contribution >= 0.6 is 11.8 Å². The topological polar surface area (TPSA) is 72.9 Å². The summed E-state index contributed by atoms with van der Waals surface area (Å²) in [5.74, 6) is 1.54. The van der Waals surface area contributed by atoms with E-state index in [0.29, 0.717) is 45.5 Å². The van der Waals surface area contributed by atoms with E-state index in [1.54, 1.807) is 23.6 Å². The molecule has 8 heteroatoms. The van der Waals surface area contributed by atoms with Crippen molar-refractivity contribution in [1.82, 2.24) is 9.78 Å². The average Bonchev–Trinajstić information content (AvgIpc) is 3.77. The molecule has 44 heavy (non-hydrogen) atoms. The Balaban J connectivity index is 1.34. The molecule has 7 nitrogen and oxygen atoms in total. The van der Waals surface area contributed by atoms with Gasteiger partial charge in [0.2, 0.25) is 0 Å². The Morgan fingerprint density at radius 2 is 1.61 bits per heavy atom. The summed E-state index contributed by atoms with van der Waals surface area (Å²) < 4.78 is 13.7. The third-order valence-corrected chi connectivity index (χ3v) is 8.40. The molecule has 0 aliphatic carbocycles. The lowest BCUT2D eigenvalue weighted by atomic mass is 10.1. The molecule has 3 heterocycles. The number of methoxy groups -OCH3 is 1. The third-order valence-electron chi connectivity index (χ3n) is 7.38. The largest absolute Gasteiger partial charge is 0.493 e. The van der Waals surface area contributed by atoms with Gasteiger partial charge in [-0.25, -0.2) is 4.68 Å². The molecule has 0 spiro atoms. The van der Waals surface area contributed by atoms with E-state index in [9.17, 15) is 4.79 Å². The van der Waals surface area contributed by atoms with Gasteiger partial charge < -0.3 is 9.15 Å². The van der Waals surface area contributed by atoms with E-state index in [-0.39, 0.29) is 5.91 Å². The van der Waals surface area contributed by atoms with Crippen LogP contribution in [0.3, 0.4) is 0 Å². The van der Waals surface area contributed by atoms with Crippen LogP contribution in [0.2, 0.25) is 0 Å². The van der Waals surface area contributed by atoms with Gasteiger partial charge in [-0.05, 0) is 61.5 Å². The Labute approximate surface area is 259 Å². The minimum absolute atomic E-state index is 0.194. The fraction of sp³-hybridized carbons (Fsp3) is 0.0833. The lowest BCUT2D eigenvalue weighted by Gasteiger charge is -2.10. The standard InChI is InChI=1S/C36H28N4O3S/c1-24-16-18-29(19-17-24)44-23-31-30(36(41)40(37-31)28-13-7-4-8-14-28)20-26-22-39(27-11-5-3-6-12-27)38-34(26)33-21-25-10-9-15-32(42-2)35(25)43-33/h3-22H,23H2,1-2H3/b30-20-. The molecule has 0 atom stereocenters. The van der Waals surface area contributed by atoms with E-state index >= 15 is 0 Å². The van der Waals surface area contributed by atoms with Crippen LogP contribution < -0.4 is 9.75 Å². The van der Waals surface area contributed by atoms with Gasteiger partial charge in [0.25, 0.3) is 5.91 Å². The lowest BCUT2D eigenvalue weighted by Crippen LogP contribution is -2.21. The molecule has 0 bridgehead atoms. The van der Waals surface area contributed by atoms with Crippen molar-refractivity contribution in [1.29, 1.82) is 0 Å². The number of furan rings is 1. The quantitative estimate of drug-likeness (QED) is 0.131. The summed E-state index contributed by atoms with van der Waals surface area (Å²) in [5.41, 5.74) is 5.98. The molecule has 4 aromatic carbocycles. The van der Waals surface area contributed by atoms with Crippen molar-refractivity contribution in [2.75, 3.05) is 17.9 Å². The van der Waals surface area contributed by atoms with Crippen LogP contribution in [0, 0.1) is 6.92 Å². The molecule has 0 saturated carbocycles. The van der Waals surface area contributed by atoms with Gasteiger partial charge in [0.1, 0.15) is 5.69 Å². The average molecular weight is 597 g/mol. The smallest absolute Gasteiger partial charge is 0.280 e. The molecule has 0 saturated heterocycles. The Hall–Kier alpha value is -5.34. The molecule has 1 amide bonds. The first kappa shape index (κ1) is 27.5. The lowest BCUT2D eigenvalue weighted by molar-refractivity contribution is -0.114. The van der Waals surface area contributed by atoms with E-state index in [1.165, 1.54) is 10.6 Å². The number of hydrogen-bond donors (Lipinski definition) is 0. The zero-order chi connectivity index (χ0) is 30.0. The number of aryl methyl sites for hydroxylation is 1. The summed E-state index contributed by atoms with van der Waals surface area (Å²) in [4.78, 5) is 15.1. The summed E-state index contributed by atoms with van der Waals surface area (Å²) in [5, 5.41) is 12.1. The maximum absolute atomic E-state index is 14.0. The number of ether oxygens (including phenoxy) is 1. The Morgan fingerprint density at radius 3 is 2.34 bits per heavy atom. The molecule has 0 unspecified atom stereocenters. The summed E-state index contributed by atoms with van der Waals surface area (Å²) in [6.07, 6.45) is 3.80. The molecule has 6 aromatic rings. The molecular formula is C36H28N4O3S. The van der Waals surface area contributed by atoms with Crippen molar-refractivity contribution >= 4 is 46.1 Å². The van der Waals surface area contributed by atoms with Crippen molar-refractivity contribution in [3.8, 4) is 22.9 Å². The number of amides is 1. The first-order valence-corrected chi connectivity index (χ1v) is 15.2. The molecule has 7 rings (SSSR count). The second-order valence-electron chi connectivity index (χ2n) is 10.4. The van der Waals surface area contributed by atoms with Crippen LogP contribution in [0.5, 0.6) is 5.75 Å². The highest BCUT2D eigenvalue weighted by atomic mass is 32.2. The number of carbonyl (C=O) groups excluding carboxylic acids is 1. The first-order chi connectivity index (χ1) is 21.6. The molecule has 0 fully saturated rings. The van der Waals surface area contributed by atoms with Gasteiger partial charge in [-0.15, -0.1) is 11.8 Å². The van der Waals surface area contributed by atoms with E-state index in [1.807, 2.05) is 97.2 Å². The zero-order valence-corrected chi connectivity index (χ0v) is 25.0. The summed E-state index contributed by atoms with van der Waals surface area (Å²) in [7, 11) is 1.62. The second-order valence-corrected chi connectivity index (χ2v) is 11.4. The van der Waals surface area contributed by atoms with Gasteiger partial charge in [0.15, 0.2) is 17.1 Å². The number of hydrazone groups is 1. The highest BCUT2D eigenvalue weighted by Gasteiger charge is 2.32. The normalized spacial score (nSPS) is 14.0. The fourth-order valence-corrected chi connectivity index (χ4v) is 5.95. The van der Waals surface area contributed by atoms with E-state index in [2.05, 4.69) is 31.2 Å². The Morgan fingerprint density at radius 1 is 0.886 bits per heavy atom. The maximum atomic E-state index is 14.0. The van der Waals surface area contributed by atoms with Crippen LogP contribution in [0.1, 0.15) is 11.1 Å². The van der Waals surface area contributed by atoms with Gasteiger partial charge in [-0.2, -0.15) is 15.2 Å². The van der Waals surface area contributed by atoms with E-state index in [0.717, 1.165) is 21.5 Å². The minimum atomic E-state index is -0.194. The summed E-state index contributed by atoms with van der Waals surface area (Å²) >= 11 is 1.65. The van der Waals surface area contributed by atoms with Gasteiger partial charge in [-0.1, -0.05) is 66.2 Å². The maximum Gasteiger partial charge on any atom is 0.280 e. The Bertz CT molecular complexity index is 2030. The molecule has 1 aliphatic heterocycles. The van der Waals surface area contributed by atoms with Gasteiger partial charge in [0.05, 0.1) is 29.8 Å². The number of fused-ring (bicyclic) bond motifs is 1. The number of hydrogen-bond acceptors (Lipinski definition) is 6. The van der Waals surface area contributed by atoms with Crippen molar-refractivity contribution in [2.24, 2.45) is 5.10 Å². The zero-order valence-electron chi connectivity index (χ0n) is 24.2. The SMILES string of the molecule is COc1cccc2cc(-c3nn(-c4ccccc4)cc3/C=C3\C(=O)N(c4ccccc4)N=C3CSc3ccc(C)cc3)oc12. The minimum Gasteiger partial charge on any atom is -0.493 e. The molecule has 0 radical (unpaired) electrons. The van der Waals surface area contributed by atoms with Crippen LogP contribution in [-0.2, 0) is 4.79 Å². The van der Waals surface area contributed by atoms with Gasteiger partial charge in [-0.3, -0.25) is 4.79 Å². The van der Waals surface area contributed by atoms with Crippen molar-refractivity contribution in [3.05, 3.63) is 132 Å². The highest BCUT2D eigenvalue weighted by Crippen LogP contribution is 2.36. The third kappa shape index (κ3) is 5.31. The van der Waals surface area contributed by atoms with Crippen LogP contribution in [-0.4, -0.2) is 34.3 Å². The fourth-order valence-electron chi connectivity index (χ4n) is 5.11. The summed E-state index contributed by atoms with van der Waals surface area (Å²) in [6, 6.07) is 35.4. The van der Waals surface area contributed by atoms with Crippen LogP contribution in [0.4, 0.5) is 5.69 Å². The number of nitrogens with zero attached hydrogens (tertiary/aromatic N) is 4. The Kier molecular flexibility index (Phi) is 7.33. The predicted octanol–water partition coefficient (Wildman–Crippen LogP) is 8.18. The van der Waals surface area contributed by atoms with E-state index in [4.69, 9.17) is 19.4 Å². The first-order valence-electron chi connectivity index (χ1n) is 14.2. The number of benzene rings is 4. The number of aromatic nitrogens is 2. The van der Waals surface area contributed by atoms with Crippen molar-refractivity contribution in [3.63, 3.8) is 0 Å². The second kappa shape index (κ2) is 11.7. The van der Waals surface area contributed by atoms with Crippen LogP contribution in [0.25, 0.3) is 34.2 Å². The number of thioether (sulfide) groups is 1. The van der Waals surface area contributed by atoms with E-state index < -0.39 is 0 Å². The number of para-hydroxylation sites is 3. The van der Waals surface area contributed by atoms with Crippen LogP contribution in [0.15, 0.2) is 135 Å². The highest BCUT2D eigenvalue weighted by molar-refractivity contribution is 8.00. The van der Waals surface area contributed by atoms with Gasteiger partial charge >= 0.3 is 0 Å². The number of rotatable bonds is 8. The van der Waals surface area contributed by atoms with Crippen molar-refractivity contribution < 1.29 is 13.9 Å². The number of anilines is 1.